The first-order chi connectivity index (χ1) is 17.0. The Bertz CT molecular complexity index is 1350. The molecule has 35 heavy (non-hydrogen) atoms. The molecular formula is C28H25N3O4. The number of amides is 4. The second-order valence-electron chi connectivity index (χ2n) is 8.73. The largest absolute Gasteiger partial charge is 0.459 e. The number of fused-ring (bicyclic) bond motifs is 1. The van der Waals surface area contributed by atoms with E-state index in [1.165, 1.54) is 0 Å². The molecule has 1 aliphatic rings. The third kappa shape index (κ3) is 4.28. The third-order valence-corrected chi connectivity index (χ3v) is 6.30. The molecule has 2 atom stereocenters. The maximum absolute atomic E-state index is 13.7. The van der Waals surface area contributed by atoms with E-state index < -0.39 is 36.0 Å². The molecule has 2 heterocycles. The highest BCUT2D eigenvalue weighted by atomic mass is 16.3. The van der Waals surface area contributed by atoms with Crippen molar-refractivity contribution in [2.75, 3.05) is 6.54 Å². The van der Waals surface area contributed by atoms with Gasteiger partial charge in [-0.2, -0.15) is 0 Å². The second-order valence-corrected chi connectivity index (χ2v) is 8.73. The first-order valence-corrected chi connectivity index (χ1v) is 11.5. The third-order valence-electron chi connectivity index (χ3n) is 6.30. The smallest absolute Gasteiger partial charge is 0.325 e. The zero-order valence-electron chi connectivity index (χ0n) is 19.2. The molecule has 4 aromatic rings. The molecule has 0 spiro atoms. The quantitative estimate of drug-likeness (QED) is 0.397. The Morgan fingerprint density at radius 2 is 1.63 bits per heavy atom. The second kappa shape index (κ2) is 9.10. The summed E-state index contributed by atoms with van der Waals surface area (Å²) in [7, 11) is 0. The number of carbonyl (C=O) groups excluding carboxylic acids is 3. The number of urea groups is 1. The molecule has 0 saturated carbocycles. The minimum Gasteiger partial charge on any atom is -0.459 e. The van der Waals surface area contributed by atoms with Crippen molar-refractivity contribution in [3.05, 3.63) is 108 Å². The van der Waals surface area contributed by atoms with Crippen LogP contribution < -0.4 is 10.6 Å². The van der Waals surface area contributed by atoms with Gasteiger partial charge in [0.2, 0.25) is 5.91 Å². The van der Waals surface area contributed by atoms with Crippen LogP contribution in [-0.4, -0.2) is 29.3 Å². The SMILES string of the molecule is CC(NC(=O)CN1C(=O)NC(Cc2ccccc2)(c2ccccc2)C1=O)c1cc2ccccc2o1. The van der Waals surface area contributed by atoms with E-state index in [9.17, 15) is 14.4 Å². The van der Waals surface area contributed by atoms with Crippen LogP contribution in [0.3, 0.4) is 0 Å². The lowest BCUT2D eigenvalue weighted by atomic mass is 9.83. The number of nitrogens with one attached hydrogen (secondary N) is 2. The Morgan fingerprint density at radius 3 is 2.34 bits per heavy atom. The molecule has 1 fully saturated rings. The summed E-state index contributed by atoms with van der Waals surface area (Å²) >= 11 is 0. The molecule has 7 heteroatoms. The number of para-hydroxylation sites is 1. The average molecular weight is 468 g/mol. The highest BCUT2D eigenvalue weighted by molar-refractivity contribution is 6.09. The molecule has 4 amide bonds. The van der Waals surface area contributed by atoms with Crippen LogP contribution in [0.25, 0.3) is 11.0 Å². The van der Waals surface area contributed by atoms with Gasteiger partial charge in [0.15, 0.2) is 5.54 Å². The molecule has 1 aromatic heterocycles. The van der Waals surface area contributed by atoms with Crippen molar-refractivity contribution in [2.24, 2.45) is 0 Å². The van der Waals surface area contributed by atoms with Crippen LogP contribution in [-0.2, 0) is 21.5 Å². The summed E-state index contributed by atoms with van der Waals surface area (Å²) in [5.74, 6) is -0.311. The van der Waals surface area contributed by atoms with Crippen molar-refractivity contribution in [2.45, 2.75) is 24.9 Å². The molecule has 0 aliphatic carbocycles. The van der Waals surface area contributed by atoms with Crippen LogP contribution in [0.4, 0.5) is 4.79 Å². The first-order valence-electron chi connectivity index (χ1n) is 11.5. The zero-order chi connectivity index (χ0) is 24.4. The van der Waals surface area contributed by atoms with Crippen molar-refractivity contribution in [1.29, 1.82) is 0 Å². The van der Waals surface area contributed by atoms with Gasteiger partial charge < -0.3 is 15.1 Å². The highest BCUT2D eigenvalue weighted by Crippen LogP contribution is 2.33. The molecule has 2 unspecified atom stereocenters. The van der Waals surface area contributed by atoms with Gasteiger partial charge in [-0.05, 0) is 30.2 Å². The van der Waals surface area contributed by atoms with E-state index in [0.717, 1.165) is 21.4 Å². The van der Waals surface area contributed by atoms with Gasteiger partial charge in [-0.25, -0.2) is 4.79 Å². The predicted octanol–water partition coefficient (Wildman–Crippen LogP) is 4.30. The van der Waals surface area contributed by atoms with Gasteiger partial charge in [-0.3, -0.25) is 14.5 Å². The van der Waals surface area contributed by atoms with Crippen LogP contribution in [0.5, 0.6) is 0 Å². The Kier molecular flexibility index (Phi) is 5.82. The van der Waals surface area contributed by atoms with E-state index in [2.05, 4.69) is 10.6 Å². The molecule has 1 saturated heterocycles. The van der Waals surface area contributed by atoms with Crippen LogP contribution in [0.2, 0.25) is 0 Å². The van der Waals surface area contributed by atoms with E-state index in [4.69, 9.17) is 4.42 Å². The Balaban J connectivity index is 1.35. The fraction of sp³-hybridized carbons (Fsp3) is 0.179. The number of rotatable bonds is 7. The number of carbonyl (C=O) groups is 3. The number of imide groups is 1. The Morgan fingerprint density at radius 1 is 0.971 bits per heavy atom. The number of furan rings is 1. The van der Waals surface area contributed by atoms with Crippen molar-refractivity contribution < 1.29 is 18.8 Å². The average Bonchev–Trinajstić information content (AvgIpc) is 3.41. The van der Waals surface area contributed by atoms with Gasteiger partial charge >= 0.3 is 6.03 Å². The number of hydrogen-bond donors (Lipinski definition) is 2. The van der Waals surface area contributed by atoms with Crippen molar-refractivity contribution in [1.82, 2.24) is 15.5 Å². The summed E-state index contributed by atoms with van der Waals surface area (Å²) in [6.07, 6.45) is 0.274. The number of hydrogen-bond acceptors (Lipinski definition) is 4. The van der Waals surface area contributed by atoms with E-state index in [0.29, 0.717) is 11.3 Å². The van der Waals surface area contributed by atoms with E-state index in [1.807, 2.05) is 91.0 Å². The summed E-state index contributed by atoms with van der Waals surface area (Å²) in [6.45, 7) is 1.41. The Hall–Kier alpha value is -4.39. The monoisotopic (exact) mass is 467 g/mol. The van der Waals surface area contributed by atoms with Crippen LogP contribution in [0.15, 0.2) is 95.4 Å². The highest BCUT2D eigenvalue weighted by Gasteiger charge is 2.52. The lowest BCUT2D eigenvalue weighted by Crippen LogP contribution is -2.47. The molecule has 7 nitrogen and oxygen atoms in total. The van der Waals surface area contributed by atoms with Gasteiger partial charge in [-0.1, -0.05) is 78.9 Å². The summed E-state index contributed by atoms with van der Waals surface area (Å²) in [5.41, 5.74) is 1.01. The topological polar surface area (TPSA) is 91.7 Å². The zero-order valence-corrected chi connectivity index (χ0v) is 19.2. The summed E-state index contributed by atoms with van der Waals surface area (Å²) < 4.78 is 5.83. The summed E-state index contributed by atoms with van der Waals surface area (Å²) in [4.78, 5) is 40.5. The molecule has 0 bridgehead atoms. The van der Waals surface area contributed by atoms with Crippen molar-refractivity contribution in [3.8, 4) is 0 Å². The van der Waals surface area contributed by atoms with E-state index >= 15 is 0 Å². The molecule has 1 aliphatic heterocycles. The van der Waals surface area contributed by atoms with Gasteiger partial charge in [-0.15, -0.1) is 0 Å². The number of nitrogens with zero attached hydrogens (tertiary/aromatic N) is 1. The standard InChI is InChI=1S/C28H25N3O4/c1-19(24-16-21-12-8-9-15-23(21)35-24)29-25(32)18-31-26(33)28(30-27(31)34,22-13-6-3-7-14-22)17-20-10-4-2-5-11-20/h2-16,19H,17-18H2,1H3,(H,29,32)(H,30,34). The van der Waals surface area contributed by atoms with Crippen molar-refractivity contribution >= 4 is 28.8 Å². The molecule has 176 valence electrons. The molecule has 5 rings (SSSR count). The van der Waals surface area contributed by atoms with Crippen LogP contribution in [0.1, 0.15) is 29.9 Å². The minimum absolute atomic E-state index is 0.274. The molecule has 3 aromatic carbocycles. The van der Waals surface area contributed by atoms with Gasteiger partial charge in [0, 0.05) is 11.8 Å². The maximum atomic E-state index is 13.7. The minimum atomic E-state index is -1.29. The van der Waals surface area contributed by atoms with Crippen LogP contribution >= 0.6 is 0 Å². The summed E-state index contributed by atoms with van der Waals surface area (Å²) in [5, 5.41) is 6.65. The van der Waals surface area contributed by atoms with Gasteiger partial charge in [0.05, 0.1) is 6.04 Å². The first kappa shape index (κ1) is 22.4. The normalized spacial score (nSPS) is 18.5. The van der Waals surface area contributed by atoms with Crippen molar-refractivity contribution in [3.63, 3.8) is 0 Å². The maximum Gasteiger partial charge on any atom is 0.325 e. The Labute approximate surface area is 202 Å². The summed E-state index contributed by atoms with van der Waals surface area (Å²) in [6, 6.07) is 27.1. The van der Waals surface area contributed by atoms with E-state index in [-0.39, 0.29) is 6.42 Å². The fourth-order valence-corrected chi connectivity index (χ4v) is 4.53. The fourth-order valence-electron chi connectivity index (χ4n) is 4.53. The lowest BCUT2D eigenvalue weighted by molar-refractivity contribution is -0.135. The van der Waals surface area contributed by atoms with Crippen LogP contribution in [0, 0.1) is 0 Å². The van der Waals surface area contributed by atoms with Gasteiger partial charge in [0.25, 0.3) is 5.91 Å². The molecule has 0 radical (unpaired) electrons. The van der Waals surface area contributed by atoms with Gasteiger partial charge in [0.1, 0.15) is 17.9 Å². The molecular weight excluding hydrogens is 442 g/mol. The predicted molar refractivity (Wildman–Crippen MR) is 131 cm³/mol. The van der Waals surface area contributed by atoms with E-state index in [1.54, 1.807) is 6.92 Å². The lowest BCUT2D eigenvalue weighted by Gasteiger charge is -2.27. The number of benzene rings is 3. The molecule has 2 N–H and O–H groups in total.